The van der Waals surface area contributed by atoms with Crippen LogP contribution in [0.3, 0.4) is 0 Å². The maximum atomic E-state index is 5.39. The van der Waals surface area contributed by atoms with Gasteiger partial charge < -0.3 is 24.8 Å². The van der Waals surface area contributed by atoms with E-state index >= 15 is 0 Å². The molecule has 0 heterocycles. The molecule has 6 heteroatoms. The molecule has 2 fully saturated rings. The molecule has 0 bridgehead atoms. The molecule has 126 valence electrons. The van der Waals surface area contributed by atoms with Gasteiger partial charge in [0.05, 0.1) is 27.9 Å². The molecule has 2 saturated carbocycles. The fourth-order valence-corrected chi connectivity index (χ4v) is 2.37. The Morgan fingerprint density at radius 2 is 1.48 bits per heavy atom. The molecule has 2 aliphatic carbocycles. The first-order valence-electron chi connectivity index (χ1n) is 8.10. The summed E-state index contributed by atoms with van der Waals surface area (Å²) < 4.78 is 16.1. The van der Waals surface area contributed by atoms with E-state index in [1.807, 2.05) is 12.1 Å². The molecule has 6 nitrogen and oxygen atoms in total. The number of aliphatic imine (C=N–C) groups is 1. The van der Waals surface area contributed by atoms with E-state index in [0.29, 0.717) is 35.9 Å². The summed E-state index contributed by atoms with van der Waals surface area (Å²) in [4.78, 5) is 4.70. The minimum atomic E-state index is 0.561. The summed E-state index contributed by atoms with van der Waals surface area (Å²) in [6.45, 7) is 0.561. The summed E-state index contributed by atoms with van der Waals surface area (Å²) in [6.07, 6.45) is 4.93. The fourth-order valence-electron chi connectivity index (χ4n) is 2.37. The number of nitrogens with zero attached hydrogens (tertiary/aromatic N) is 1. The molecule has 3 rings (SSSR count). The first-order valence-corrected chi connectivity index (χ1v) is 8.10. The number of methoxy groups -OCH3 is 3. The standard InChI is InChI=1S/C17H25N3O3/c1-21-14-8-11(9-15(22-2)16(14)23-3)10-18-17(19-12-4-5-12)20-13-6-7-13/h8-9,12-13H,4-7,10H2,1-3H3,(H2,18,19,20). The van der Waals surface area contributed by atoms with Crippen LogP contribution in [0, 0.1) is 0 Å². The molecule has 1 aromatic carbocycles. The first kappa shape index (κ1) is 15.8. The fraction of sp³-hybridized carbons (Fsp3) is 0.588. The number of hydrogen-bond acceptors (Lipinski definition) is 4. The lowest BCUT2D eigenvalue weighted by Crippen LogP contribution is -2.39. The maximum Gasteiger partial charge on any atom is 0.203 e. The summed E-state index contributed by atoms with van der Waals surface area (Å²) in [5, 5.41) is 6.93. The second-order valence-electron chi connectivity index (χ2n) is 6.04. The Morgan fingerprint density at radius 3 is 1.87 bits per heavy atom. The highest BCUT2D eigenvalue weighted by molar-refractivity contribution is 5.81. The van der Waals surface area contributed by atoms with Gasteiger partial charge in [-0.25, -0.2) is 4.99 Å². The number of guanidine groups is 1. The van der Waals surface area contributed by atoms with Gasteiger partial charge in [0.2, 0.25) is 5.75 Å². The highest BCUT2D eigenvalue weighted by Gasteiger charge is 2.26. The molecule has 0 spiro atoms. The van der Waals surface area contributed by atoms with Crippen molar-refractivity contribution < 1.29 is 14.2 Å². The van der Waals surface area contributed by atoms with E-state index in [-0.39, 0.29) is 0 Å². The molecular formula is C17H25N3O3. The average molecular weight is 319 g/mol. The monoisotopic (exact) mass is 319 g/mol. The van der Waals surface area contributed by atoms with Gasteiger partial charge in [-0.2, -0.15) is 0 Å². The predicted octanol–water partition coefficient (Wildman–Crippen LogP) is 2.07. The molecule has 2 aliphatic rings. The van der Waals surface area contributed by atoms with Gasteiger partial charge in [0.15, 0.2) is 17.5 Å². The summed E-state index contributed by atoms with van der Waals surface area (Å²) >= 11 is 0. The number of ether oxygens (including phenoxy) is 3. The Bertz CT molecular complexity index is 539. The Hall–Kier alpha value is -2.11. The van der Waals surface area contributed by atoms with Crippen LogP contribution in [0.15, 0.2) is 17.1 Å². The number of nitrogens with one attached hydrogen (secondary N) is 2. The lowest BCUT2D eigenvalue weighted by Gasteiger charge is -2.14. The van der Waals surface area contributed by atoms with E-state index in [0.717, 1.165) is 11.5 Å². The molecule has 0 atom stereocenters. The molecule has 0 saturated heterocycles. The second kappa shape index (κ2) is 6.98. The third kappa shape index (κ3) is 4.21. The Kier molecular flexibility index (Phi) is 4.79. The number of hydrogen-bond donors (Lipinski definition) is 2. The lowest BCUT2D eigenvalue weighted by atomic mass is 10.2. The van der Waals surface area contributed by atoms with Crippen molar-refractivity contribution in [2.75, 3.05) is 21.3 Å². The number of rotatable bonds is 7. The van der Waals surface area contributed by atoms with Crippen LogP contribution < -0.4 is 24.8 Å². The zero-order chi connectivity index (χ0) is 16.2. The van der Waals surface area contributed by atoms with Crippen LogP contribution in [-0.2, 0) is 6.54 Å². The van der Waals surface area contributed by atoms with E-state index in [9.17, 15) is 0 Å². The summed E-state index contributed by atoms with van der Waals surface area (Å²) in [5.41, 5.74) is 1.02. The van der Waals surface area contributed by atoms with Crippen LogP contribution in [0.5, 0.6) is 17.2 Å². The van der Waals surface area contributed by atoms with E-state index in [1.54, 1.807) is 21.3 Å². The summed E-state index contributed by atoms with van der Waals surface area (Å²) in [5.74, 6) is 2.83. The van der Waals surface area contributed by atoms with Gasteiger partial charge in [0.1, 0.15) is 0 Å². The van der Waals surface area contributed by atoms with Gasteiger partial charge >= 0.3 is 0 Å². The minimum Gasteiger partial charge on any atom is -0.493 e. The topological polar surface area (TPSA) is 64.1 Å². The van der Waals surface area contributed by atoms with Crippen LogP contribution in [0.2, 0.25) is 0 Å². The Balaban J connectivity index is 1.75. The van der Waals surface area contributed by atoms with Gasteiger partial charge in [-0.05, 0) is 43.4 Å². The highest BCUT2D eigenvalue weighted by atomic mass is 16.5. The van der Waals surface area contributed by atoms with Gasteiger partial charge in [-0.3, -0.25) is 0 Å². The van der Waals surface area contributed by atoms with Crippen molar-refractivity contribution in [3.8, 4) is 17.2 Å². The van der Waals surface area contributed by atoms with Crippen LogP contribution in [-0.4, -0.2) is 39.4 Å². The molecule has 23 heavy (non-hydrogen) atoms. The largest absolute Gasteiger partial charge is 0.493 e. The molecule has 1 aromatic rings. The summed E-state index contributed by atoms with van der Waals surface area (Å²) in [6, 6.07) is 5.05. The van der Waals surface area contributed by atoms with E-state index < -0.39 is 0 Å². The van der Waals surface area contributed by atoms with E-state index in [1.165, 1.54) is 25.7 Å². The van der Waals surface area contributed by atoms with Crippen molar-refractivity contribution in [2.45, 2.75) is 44.3 Å². The first-order chi connectivity index (χ1) is 11.2. The Morgan fingerprint density at radius 1 is 0.957 bits per heavy atom. The Labute approximate surface area is 137 Å². The maximum absolute atomic E-state index is 5.39. The van der Waals surface area contributed by atoms with Gasteiger partial charge in [0.25, 0.3) is 0 Å². The third-order valence-electron chi connectivity index (χ3n) is 3.98. The molecule has 0 radical (unpaired) electrons. The van der Waals surface area contributed by atoms with Crippen molar-refractivity contribution in [3.63, 3.8) is 0 Å². The molecular weight excluding hydrogens is 294 g/mol. The van der Waals surface area contributed by atoms with Gasteiger partial charge in [-0.1, -0.05) is 0 Å². The van der Waals surface area contributed by atoms with E-state index in [2.05, 4.69) is 10.6 Å². The van der Waals surface area contributed by atoms with Gasteiger partial charge in [-0.15, -0.1) is 0 Å². The quantitative estimate of drug-likeness (QED) is 0.595. The van der Waals surface area contributed by atoms with Crippen molar-refractivity contribution in [3.05, 3.63) is 17.7 Å². The number of benzene rings is 1. The smallest absolute Gasteiger partial charge is 0.203 e. The van der Waals surface area contributed by atoms with Crippen LogP contribution in [0.1, 0.15) is 31.2 Å². The normalized spacial score (nSPS) is 16.5. The summed E-state index contributed by atoms with van der Waals surface area (Å²) in [7, 11) is 4.85. The van der Waals surface area contributed by atoms with Crippen LogP contribution in [0.25, 0.3) is 0 Å². The van der Waals surface area contributed by atoms with Crippen LogP contribution >= 0.6 is 0 Å². The molecule has 0 aromatic heterocycles. The molecule has 2 N–H and O–H groups in total. The minimum absolute atomic E-state index is 0.561. The lowest BCUT2D eigenvalue weighted by molar-refractivity contribution is 0.324. The van der Waals surface area contributed by atoms with E-state index in [4.69, 9.17) is 19.2 Å². The zero-order valence-electron chi connectivity index (χ0n) is 14.0. The van der Waals surface area contributed by atoms with Crippen molar-refractivity contribution in [1.82, 2.24) is 10.6 Å². The predicted molar refractivity (Wildman–Crippen MR) is 89.6 cm³/mol. The van der Waals surface area contributed by atoms with Crippen LogP contribution in [0.4, 0.5) is 0 Å². The molecule has 0 unspecified atom stereocenters. The average Bonchev–Trinajstić information content (AvgIpc) is 3.47. The third-order valence-corrected chi connectivity index (χ3v) is 3.98. The SMILES string of the molecule is COc1cc(CN=C(NC2CC2)NC2CC2)cc(OC)c1OC. The highest BCUT2D eigenvalue weighted by Crippen LogP contribution is 2.38. The molecule has 0 amide bonds. The zero-order valence-corrected chi connectivity index (χ0v) is 14.0. The second-order valence-corrected chi connectivity index (χ2v) is 6.04. The van der Waals surface area contributed by atoms with Crippen molar-refractivity contribution in [1.29, 1.82) is 0 Å². The van der Waals surface area contributed by atoms with Crippen molar-refractivity contribution >= 4 is 5.96 Å². The molecule has 0 aliphatic heterocycles. The van der Waals surface area contributed by atoms with Gasteiger partial charge in [0, 0.05) is 12.1 Å². The van der Waals surface area contributed by atoms with Crippen molar-refractivity contribution in [2.24, 2.45) is 4.99 Å².